The Balaban J connectivity index is 0.00000225. The first-order valence-electron chi connectivity index (χ1n) is 7.97. The first-order chi connectivity index (χ1) is 11.5. The molecule has 3 rings (SSSR count). The zero-order chi connectivity index (χ0) is 17.2. The van der Waals surface area contributed by atoms with Gasteiger partial charge in [-0.3, -0.25) is 0 Å². The molecular formula is C18H23ClN2O3S. The Morgan fingerprint density at radius 3 is 2.76 bits per heavy atom. The van der Waals surface area contributed by atoms with Gasteiger partial charge in [0, 0.05) is 12.6 Å². The second-order valence-corrected chi connectivity index (χ2v) is 7.70. The molecule has 5 nitrogen and oxygen atoms in total. The topological polar surface area (TPSA) is 67.4 Å². The Morgan fingerprint density at radius 2 is 2.00 bits per heavy atom. The lowest BCUT2D eigenvalue weighted by Crippen LogP contribution is -2.38. The Labute approximate surface area is 155 Å². The number of hydrogen-bond donors (Lipinski definition) is 2. The zero-order valence-corrected chi connectivity index (χ0v) is 15.9. The van der Waals surface area contributed by atoms with Crippen LogP contribution >= 0.6 is 12.4 Å². The summed E-state index contributed by atoms with van der Waals surface area (Å²) in [7, 11) is -2.17. The monoisotopic (exact) mass is 382 g/mol. The normalized spacial score (nSPS) is 16.6. The molecule has 136 valence electrons. The fraction of sp³-hybridized carbons (Fsp3) is 0.333. The molecular weight excluding hydrogens is 360 g/mol. The molecule has 0 aliphatic carbocycles. The van der Waals surface area contributed by atoms with Gasteiger partial charge >= 0.3 is 0 Å². The van der Waals surface area contributed by atoms with E-state index < -0.39 is 10.0 Å². The fourth-order valence-electron chi connectivity index (χ4n) is 3.04. The van der Waals surface area contributed by atoms with Crippen molar-refractivity contribution < 1.29 is 13.2 Å². The van der Waals surface area contributed by atoms with E-state index in [0.717, 1.165) is 24.1 Å². The standard InChI is InChI=1S/C18H22N2O3S.ClH/c1-13-7-8-17(23-2)18(11-13)24(21,22)20-12-16-15-6-4-3-5-14(15)9-10-19-16;/h3-8,11,16,19-20H,9-10,12H2,1-2H3;1H. The lowest BCUT2D eigenvalue weighted by Gasteiger charge is -2.27. The number of rotatable bonds is 5. The van der Waals surface area contributed by atoms with E-state index in [2.05, 4.69) is 16.1 Å². The SMILES string of the molecule is COc1ccc(C)cc1S(=O)(=O)NCC1NCCc2ccccc21.Cl. The zero-order valence-electron chi connectivity index (χ0n) is 14.3. The minimum atomic E-state index is -3.64. The van der Waals surface area contributed by atoms with Gasteiger partial charge in [-0.2, -0.15) is 0 Å². The Morgan fingerprint density at radius 1 is 1.24 bits per heavy atom. The van der Waals surface area contributed by atoms with Crippen LogP contribution in [-0.2, 0) is 16.4 Å². The lowest BCUT2D eigenvalue weighted by molar-refractivity contribution is 0.402. The van der Waals surface area contributed by atoms with Crippen molar-refractivity contribution in [3.8, 4) is 5.75 Å². The lowest BCUT2D eigenvalue weighted by atomic mass is 9.95. The highest BCUT2D eigenvalue weighted by Crippen LogP contribution is 2.26. The summed E-state index contributed by atoms with van der Waals surface area (Å²) in [5.41, 5.74) is 3.30. The van der Waals surface area contributed by atoms with Crippen LogP contribution in [0.15, 0.2) is 47.4 Å². The van der Waals surface area contributed by atoms with Crippen molar-refractivity contribution in [2.45, 2.75) is 24.3 Å². The van der Waals surface area contributed by atoms with E-state index in [1.807, 2.05) is 31.2 Å². The maximum Gasteiger partial charge on any atom is 0.244 e. The van der Waals surface area contributed by atoms with Crippen LogP contribution in [0.25, 0.3) is 0 Å². The predicted octanol–water partition coefficient (Wildman–Crippen LogP) is 2.59. The molecule has 7 heteroatoms. The molecule has 0 saturated heterocycles. The molecule has 2 aromatic rings. The maximum atomic E-state index is 12.7. The third-order valence-corrected chi connectivity index (χ3v) is 5.75. The molecule has 1 heterocycles. The summed E-state index contributed by atoms with van der Waals surface area (Å²) in [6, 6.07) is 13.3. The Bertz CT molecular complexity index is 840. The number of fused-ring (bicyclic) bond motifs is 1. The van der Waals surface area contributed by atoms with Crippen LogP contribution in [0.2, 0.25) is 0 Å². The fourth-order valence-corrected chi connectivity index (χ4v) is 4.34. The van der Waals surface area contributed by atoms with Crippen molar-refractivity contribution >= 4 is 22.4 Å². The number of aryl methyl sites for hydroxylation is 1. The van der Waals surface area contributed by atoms with E-state index in [0.29, 0.717) is 12.3 Å². The van der Waals surface area contributed by atoms with Crippen molar-refractivity contribution in [1.82, 2.24) is 10.0 Å². The van der Waals surface area contributed by atoms with Crippen molar-refractivity contribution in [2.75, 3.05) is 20.2 Å². The van der Waals surface area contributed by atoms with Crippen molar-refractivity contribution in [2.24, 2.45) is 0 Å². The Kier molecular flexibility index (Phi) is 6.46. The highest BCUT2D eigenvalue weighted by molar-refractivity contribution is 7.89. The van der Waals surface area contributed by atoms with Gasteiger partial charge in [-0.05, 0) is 48.7 Å². The third-order valence-electron chi connectivity index (χ3n) is 4.30. The number of benzene rings is 2. The van der Waals surface area contributed by atoms with E-state index in [4.69, 9.17) is 4.74 Å². The van der Waals surface area contributed by atoms with Crippen LogP contribution in [0.1, 0.15) is 22.7 Å². The van der Waals surface area contributed by atoms with Gasteiger partial charge < -0.3 is 10.1 Å². The molecule has 0 aromatic heterocycles. The van der Waals surface area contributed by atoms with Crippen LogP contribution in [0.3, 0.4) is 0 Å². The first kappa shape index (κ1) is 19.7. The van der Waals surface area contributed by atoms with Gasteiger partial charge in [0.05, 0.1) is 7.11 Å². The molecule has 2 aromatic carbocycles. The van der Waals surface area contributed by atoms with Gasteiger partial charge in [0.25, 0.3) is 0 Å². The van der Waals surface area contributed by atoms with Crippen LogP contribution in [0.4, 0.5) is 0 Å². The largest absolute Gasteiger partial charge is 0.495 e. The molecule has 0 amide bonds. The number of ether oxygens (including phenoxy) is 1. The van der Waals surface area contributed by atoms with Crippen LogP contribution in [0.5, 0.6) is 5.75 Å². The van der Waals surface area contributed by atoms with E-state index in [1.54, 1.807) is 12.1 Å². The number of hydrogen-bond acceptors (Lipinski definition) is 4. The summed E-state index contributed by atoms with van der Waals surface area (Å²) in [6.07, 6.45) is 0.963. The van der Waals surface area contributed by atoms with Gasteiger partial charge in [-0.15, -0.1) is 12.4 Å². The minimum absolute atomic E-state index is 0. The number of methoxy groups -OCH3 is 1. The Hall–Kier alpha value is -1.60. The van der Waals surface area contributed by atoms with Crippen molar-refractivity contribution in [3.05, 3.63) is 59.2 Å². The molecule has 0 bridgehead atoms. The van der Waals surface area contributed by atoms with Gasteiger partial charge in [0.1, 0.15) is 10.6 Å². The number of halogens is 1. The molecule has 1 aliphatic heterocycles. The highest BCUT2D eigenvalue weighted by atomic mass is 35.5. The highest BCUT2D eigenvalue weighted by Gasteiger charge is 2.24. The third kappa shape index (κ3) is 4.33. The second kappa shape index (κ2) is 8.19. The van der Waals surface area contributed by atoms with Crippen molar-refractivity contribution in [3.63, 3.8) is 0 Å². The van der Waals surface area contributed by atoms with Gasteiger partial charge in [0.15, 0.2) is 0 Å². The summed E-state index contributed by atoms with van der Waals surface area (Å²) >= 11 is 0. The van der Waals surface area contributed by atoms with Crippen LogP contribution in [0, 0.1) is 6.92 Å². The average molecular weight is 383 g/mol. The molecule has 0 saturated carbocycles. The van der Waals surface area contributed by atoms with Gasteiger partial charge in [0.2, 0.25) is 10.0 Å². The molecule has 2 N–H and O–H groups in total. The summed E-state index contributed by atoms with van der Waals surface area (Å²) in [5, 5.41) is 3.38. The smallest absolute Gasteiger partial charge is 0.244 e. The molecule has 0 radical (unpaired) electrons. The summed E-state index contributed by atoms with van der Waals surface area (Å²) in [5.74, 6) is 0.352. The molecule has 1 atom stereocenters. The molecule has 25 heavy (non-hydrogen) atoms. The van der Waals surface area contributed by atoms with Gasteiger partial charge in [-0.1, -0.05) is 30.3 Å². The van der Waals surface area contributed by atoms with E-state index >= 15 is 0 Å². The molecule has 0 fully saturated rings. The summed E-state index contributed by atoms with van der Waals surface area (Å²) in [6.45, 7) is 3.00. The minimum Gasteiger partial charge on any atom is -0.495 e. The first-order valence-corrected chi connectivity index (χ1v) is 9.45. The van der Waals surface area contributed by atoms with Crippen LogP contribution < -0.4 is 14.8 Å². The predicted molar refractivity (Wildman–Crippen MR) is 101 cm³/mol. The van der Waals surface area contributed by atoms with Crippen LogP contribution in [-0.4, -0.2) is 28.6 Å². The molecule has 1 aliphatic rings. The van der Waals surface area contributed by atoms with Crippen molar-refractivity contribution in [1.29, 1.82) is 0 Å². The number of sulfonamides is 1. The van der Waals surface area contributed by atoms with E-state index in [1.165, 1.54) is 12.7 Å². The van der Waals surface area contributed by atoms with E-state index in [-0.39, 0.29) is 23.3 Å². The number of nitrogens with one attached hydrogen (secondary N) is 2. The second-order valence-electron chi connectivity index (χ2n) is 5.96. The summed E-state index contributed by atoms with van der Waals surface area (Å²) in [4.78, 5) is 0.175. The average Bonchev–Trinajstić information content (AvgIpc) is 2.60. The molecule has 1 unspecified atom stereocenters. The van der Waals surface area contributed by atoms with Gasteiger partial charge in [-0.25, -0.2) is 13.1 Å². The summed E-state index contributed by atoms with van der Waals surface area (Å²) < 4.78 is 33.3. The van der Waals surface area contributed by atoms with E-state index in [9.17, 15) is 8.42 Å². The quantitative estimate of drug-likeness (QED) is 0.834. The molecule has 0 spiro atoms. The maximum absolute atomic E-state index is 12.7.